The van der Waals surface area contributed by atoms with Gasteiger partial charge in [-0.1, -0.05) is 17.4 Å². The maximum absolute atomic E-state index is 13.0. The van der Waals surface area contributed by atoms with Gasteiger partial charge in [0.1, 0.15) is 6.17 Å². The molecule has 1 aromatic carbocycles. The van der Waals surface area contributed by atoms with Crippen LogP contribution in [0.1, 0.15) is 17.7 Å². The molecule has 1 fully saturated rings. The molecule has 26 heavy (non-hydrogen) atoms. The van der Waals surface area contributed by atoms with Gasteiger partial charge in [0.25, 0.3) is 0 Å². The lowest BCUT2D eigenvalue weighted by molar-refractivity contribution is -0.117. The fourth-order valence-electron chi connectivity index (χ4n) is 2.78. The second kappa shape index (κ2) is 7.94. The van der Waals surface area contributed by atoms with Crippen LogP contribution < -0.4 is 5.32 Å². The van der Waals surface area contributed by atoms with Crippen molar-refractivity contribution in [1.82, 2.24) is 9.97 Å². The second-order valence-electron chi connectivity index (χ2n) is 6.19. The molecule has 1 saturated carbocycles. The number of aryl methyl sites for hydroxylation is 2. The van der Waals surface area contributed by atoms with E-state index in [0.717, 1.165) is 27.0 Å². The lowest BCUT2D eigenvalue weighted by Crippen LogP contribution is -2.14. The van der Waals surface area contributed by atoms with Crippen LogP contribution in [0.4, 0.5) is 9.52 Å². The van der Waals surface area contributed by atoms with Crippen LogP contribution in [0.15, 0.2) is 30.5 Å². The largest absolute Gasteiger partial charge is 0.302 e. The van der Waals surface area contributed by atoms with Gasteiger partial charge in [-0.25, -0.2) is 9.37 Å². The van der Waals surface area contributed by atoms with Crippen LogP contribution in [0.3, 0.4) is 0 Å². The second-order valence-corrected chi connectivity index (χ2v) is 7.22. The van der Waals surface area contributed by atoms with Gasteiger partial charge in [0.05, 0.1) is 16.1 Å². The molecule has 0 spiro atoms. The van der Waals surface area contributed by atoms with Crippen molar-refractivity contribution in [1.29, 1.82) is 0 Å². The van der Waals surface area contributed by atoms with Gasteiger partial charge in [0.15, 0.2) is 5.13 Å². The van der Waals surface area contributed by atoms with Gasteiger partial charge in [-0.2, -0.15) is 27.0 Å². The van der Waals surface area contributed by atoms with Crippen molar-refractivity contribution in [2.45, 2.75) is 26.4 Å². The van der Waals surface area contributed by atoms with Crippen molar-refractivity contribution in [3.63, 3.8) is 0 Å². The molecule has 0 radical (unpaired) electrons. The molecular formula is C18H20FN3OS3. The number of nitrogens with one attached hydrogen (secondary N) is 1. The molecular weight excluding hydrogens is 389 g/mol. The van der Waals surface area contributed by atoms with Crippen LogP contribution in [0, 0.1) is 19.8 Å². The van der Waals surface area contributed by atoms with Crippen molar-refractivity contribution in [2.24, 2.45) is 5.92 Å². The quantitative estimate of drug-likeness (QED) is 0.693. The Balaban J connectivity index is 0.00000121. The van der Waals surface area contributed by atoms with Crippen LogP contribution in [0.25, 0.3) is 21.3 Å². The van der Waals surface area contributed by atoms with E-state index in [1.807, 2.05) is 25.3 Å². The van der Waals surface area contributed by atoms with Gasteiger partial charge in [-0.3, -0.25) is 9.78 Å². The highest BCUT2D eigenvalue weighted by Gasteiger charge is 2.43. The minimum absolute atomic E-state index is 0. The van der Waals surface area contributed by atoms with E-state index in [9.17, 15) is 9.18 Å². The van der Waals surface area contributed by atoms with Crippen LogP contribution in [0.5, 0.6) is 0 Å². The van der Waals surface area contributed by atoms with E-state index in [2.05, 4.69) is 34.3 Å². The average Bonchev–Trinajstić information content (AvgIpc) is 3.13. The number of halogens is 1. The molecule has 2 aromatic heterocycles. The molecule has 4 rings (SSSR count). The number of carbonyl (C=O) groups excluding carboxylic acids is 1. The monoisotopic (exact) mass is 409 g/mol. The minimum atomic E-state index is -0.997. The van der Waals surface area contributed by atoms with Gasteiger partial charge in [0.2, 0.25) is 5.91 Å². The van der Waals surface area contributed by atoms with Gasteiger partial charge in [-0.15, -0.1) is 0 Å². The highest BCUT2D eigenvalue weighted by atomic mass is 32.1. The summed E-state index contributed by atoms with van der Waals surface area (Å²) in [6.07, 6.45) is 1.20. The number of fused-ring (bicyclic) bond motifs is 1. The number of nitrogens with zero attached hydrogens (tertiary/aromatic N) is 2. The first kappa shape index (κ1) is 20.7. The van der Waals surface area contributed by atoms with Crippen molar-refractivity contribution in [3.05, 3.63) is 41.7 Å². The van der Waals surface area contributed by atoms with Crippen molar-refractivity contribution in [2.75, 3.05) is 5.32 Å². The normalized spacial score (nSPS) is 18.0. The first-order valence-corrected chi connectivity index (χ1v) is 8.62. The lowest BCUT2D eigenvalue weighted by Gasteiger charge is -2.06. The minimum Gasteiger partial charge on any atom is -0.302 e. The summed E-state index contributed by atoms with van der Waals surface area (Å²) in [7, 11) is 0. The zero-order valence-electron chi connectivity index (χ0n) is 14.3. The van der Waals surface area contributed by atoms with Crippen molar-refractivity contribution < 1.29 is 9.18 Å². The highest BCUT2D eigenvalue weighted by molar-refractivity contribution is 7.59. The summed E-state index contributed by atoms with van der Waals surface area (Å²) in [5.74, 6) is -0.783. The Morgan fingerprint density at radius 1 is 1.27 bits per heavy atom. The predicted molar refractivity (Wildman–Crippen MR) is 115 cm³/mol. The maximum atomic E-state index is 13.0. The molecule has 3 aromatic rings. The lowest BCUT2D eigenvalue weighted by atomic mass is 10.0. The topological polar surface area (TPSA) is 54.9 Å². The summed E-state index contributed by atoms with van der Waals surface area (Å²) < 4.78 is 13.9. The molecule has 1 aliphatic rings. The summed E-state index contributed by atoms with van der Waals surface area (Å²) in [5, 5.41) is 3.24. The van der Waals surface area contributed by atoms with Crippen LogP contribution >= 0.6 is 38.3 Å². The molecule has 0 aliphatic heterocycles. The molecule has 0 saturated heterocycles. The van der Waals surface area contributed by atoms with E-state index in [0.29, 0.717) is 11.6 Å². The van der Waals surface area contributed by atoms with E-state index < -0.39 is 12.1 Å². The molecule has 0 unspecified atom stereocenters. The average molecular weight is 410 g/mol. The Morgan fingerprint density at radius 3 is 2.65 bits per heavy atom. The summed E-state index contributed by atoms with van der Waals surface area (Å²) >= 11 is 1.40. The van der Waals surface area contributed by atoms with Crippen molar-refractivity contribution >= 4 is 59.6 Å². The molecule has 0 bridgehead atoms. The molecule has 8 heteroatoms. The third-order valence-corrected chi connectivity index (χ3v) is 5.16. The van der Waals surface area contributed by atoms with E-state index in [-0.39, 0.29) is 32.9 Å². The Hall–Kier alpha value is -1.64. The Bertz CT molecular complexity index is 960. The number of pyridine rings is 1. The zero-order chi connectivity index (χ0) is 16.8. The molecule has 1 N–H and O–H groups in total. The van der Waals surface area contributed by atoms with E-state index >= 15 is 0 Å². The van der Waals surface area contributed by atoms with Gasteiger partial charge in [0, 0.05) is 17.5 Å². The van der Waals surface area contributed by atoms with Crippen LogP contribution in [-0.4, -0.2) is 22.0 Å². The van der Waals surface area contributed by atoms with E-state index in [4.69, 9.17) is 0 Å². The summed E-state index contributed by atoms with van der Waals surface area (Å²) in [6, 6.07) is 8.05. The van der Waals surface area contributed by atoms with Crippen LogP contribution in [-0.2, 0) is 4.79 Å². The van der Waals surface area contributed by atoms with E-state index in [1.165, 1.54) is 16.9 Å². The first-order valence-electron chi connectivity index (χ1n) is 7.80. The third kappa shape index (κ3) is 4.02. The van der Waals surface area contributed by atoms with Gasteiger partial charge in [-0.05, 0) is 49.6 Å². The molecule has 4 nitrogen and oxygen atoms in total. The fourth-order valence-corrected chi connectivity index (χ4v) is 3.69. The van der Waals surface area contributed by atoms with E-state index in [1.54, 1.807) is 0 Å². The van der Waals surface area contributed by atoms with Crippen LogP contribution in [0.2, 0.25) is 0 Å². The zero-order valence-corrected chi connectivity index (χ0v) is 17.2. The number of hydrogen-bond donors (Lipinski definition) is 1. The number of carbonyl (C=O) groups is 1. The number of rotatable bonds is 3. The molecule has 138 valence electrons. The summed E-state index contributed by atoms with van der Waals surface area (Å²) in [4.78, 5) is 20.6. The van der Waals surface area contributed by atoms with Gasteiger partial charge >= 0.3 is 0 Å². The smallest absolute Gasteiger partial charge is 0.232 e. The molecule has 1 aliphatic carbocycles. The Labute approximate surface area is 169 Å². The standard InChI is InChI=1S/C18H16FN3OS.2H2S/c1-9-5-10(2)20-8-13(9)11-3-4-15-16(6-11)24-18(21-15)22-17(23)12-7-14(12)19;;/h3-6,8,12,14H,7H2,1-2H3,(H,21,22,23);2*1H2/t12-,14+;;/m1../s1. The number of alkyl halides is 1. The summed E-state index contributed by atoms with van der Waals surface area (Å²) in [5.41, 5.74) is 5.14. The third-order valence-electron chi connectivity index (χ3n) is 4.23. The number of hydrogen-bond acceptors (Lipinski definition) is 4. The molecule has 1 amide bonds. The Kier molecular flexibility index (Phi) is 6.31. The maximum Gasteiger partial charge on any atom is 0.232 e. The predicted octanol–water partition coefficient (Wildman–Crippen LogP) is 4.50. The van der Waals surface area contributed by atoms with Gasteiger partial charge < -0.3 is 5.32 Å². The SMILES string of the molecule is Cc1cc(C)c(-c2ccc3nc(NC(=O)[C@@H]4C[C@@H]4F)sc3c2)cn1.S.S. The Morgan fingerprint density at radius 2 is 2.00 bits per heavy atom. The highest BCUT2D eigenvalue weighted by Crippen LogP contribution is 2.36. The number of thiazole rings is 1. The fraction of sp³-hybridized carbons (Fsp3) is 0.278. The number of benzene rings is 1. The van der Waals surface area contributed by atoms with Crippen molar-refractivity contribution in [3.8, 4) is 11.1 Å². The number of anilines is 1. The number of amides is 1. The summed E-state index contributed by atoms with van der Waals surface area (Å²) in [6.45, 7) is 4.04. The molecule has 2 heterocycles. The molecule has 2 atom stereocenters. The number of aromatic nitrogens is 2. The first-order chi connectivity index (χ1) is 11.5.